The molecule has 2 aromatic heterocycles. The van der Waals surface area contributed by atoms with Gasteiger partial charge in [0.15, 0.2) is 5.82 Å². The fourth-order valence-corrected chi connectivity index (χ4v) is 7.23. The Morgan fingerprint density at radius 3 is 2.80 bits per heavy atom. The number of nitrogens with zero attached hydrogens (tertiary/aromatic N) is 6. The van der Waals surface area contributed by atoms with Gasteiger partial charge in [-0.25, -0.2) is 4.39 Å². The van der Waals surface area contributed by atoms with E-state index in [-0.39, 0.29) is 34.4 Å². The number of anilines is 1. The molecule has 1 atom stereocenters. The molecule has 0 bridgehead atoms. The van der Waals surface area contributed by atoms with Gasteiger partial charge in [-0.2, -0.15) is 15.2 Å². The highest BCUT2D eigenvalue weighted by atomic mass is 19.1. The summed E-state index contributed by atoms with van der Waals surface area (Å²) < 4.78 is 23.1. The Balaban J connectivity index is 1.37. The molecule has 0 amide bonds. The number of aromatic hydroxyl groups is 1. The summed E-state index contributed by atoms with van der Waals surface area (Å²) in [7, 11) is 0. The summed E-state index contributed by atoms with van der Waals surface area (Å²) in [6.45, 7) is 5.06. The molecule has 44 heavy (non-hydrogen) atoms. The van der Waals surface area contributed by atoms with E-state index < -0.39 is 5.82 Å². The van der Waals surface area contributed by atoms with Crippen molar-refractivity contribution in [3.05, 3.63) is 47.9 Å². The van der Waals surface area contributed by atoms with Crippen LogP contribution in [0.1, 0.15) is 37.7 Å². The number of phenols is 1. The molecule has 3 aliphatic rings. The van der Waals surface area contributed by atoms with Crippen LogP contribution in [0.4, 0.5) is 10.2 Å². The van der Waals surface area contributed by atoms with Gasteiger partial charge in [-0.15, -0.1) is 6.42 Å². The van der Waals surface area contributed by atoms with E-state index in [1.165, 1.54) is 6.07 Å². The fourth-order valence-electron chi connectivity index (χ4n) is 7.23. The van der Waals surface area contributed by atoms with E-state index >= 15 is 4.39 Å². The van der Waals surface area contributed by atoms with Crippen LogP contribution in [-0.2, 0) is 0 Å². The molecule has 3 saturated heterocycles. The number of hydrogen-bond donors (Lipinski definition) is 2. The molecule has 3 aliphatic heterocycles. The molecular weight excluding hydrogens is 557 g/mol. The number of rotatable bonds is 5. The van der Waals surface area contributed by atoms with Gasteiger partial charge in [-0.1, -0.05) is 18.1 Å². The quantitative estimate of drug-likeness (QED) is 0.321. The number of terminal acetylenes is 1. The number of ether oxygens (including phenoxy) is 1. The molecular formula is C34H34FN7O2. The number of pyridine rings is 1. The molecule has 2 N–H and O–H groups in total. The van der Waals surface area contributed by atoms with E-state index in [1.807, 2.05) is 6.07 Å². The molecule has 9 nitrogen and oxygen atoms in total. The highest BCUT2D eigenvalue weighted by molar-refractivity contribution is 6.02. The Labute approximate surface area is 255 Å². The van der Waals surface area contributed by atoms with E-state index in [2.05, 4.69) is 37.1 Å². The number of fused-ring (bicyclic) bond motifs is 3. The van der Waals surface area contributed by atoms with Crippen LogP contribution >= 0.6 is 0 Å². The monoisotopic (exact) mass is 591 g/mol. The van der Waals surface area contributed by atoms with Gasteiger partial charge in [0.05, 0.1) is 22.9 Å². The second kappa shape index (κ2) is 11.5. The molecule has 0 radical (unpaired) electrons. The second-order valence-corrected chi connectivity index (χ2v) is 12.1. The summed E-state index contributed by atoms with van der Waals surface area (Å²) in [5.74, 6) is 2.41. The van der Waals surface area contributed by atoms with Crippen molar-refractivity contribution in [2.24, 2.45) is 5.92 Å². The summed E-state index contributed by atoms with van der Waals surface area (Å²) in [5, 5.41) is 25.2. The Morgan fingerprint density at radius 2 is 2.00 bits per heavy atom. The lowest BCUT2D eigenvalue weighted by Gasteiger charge is -2.32. The standard InChI is InChI=1S/C34H34FN7O2/c1-2-23-6-3-7-24-16-25(43)17-26(28(23)24)30-29(35)31-27(20-38-30)32(41-14-8-22(18-36)19-37-11-15-41)40-33(39-31)44-21-34-9-4-12-42(34)13-5-10-34/h1,3,6-7,16-17,20,22,37,43H,4-5,8-15,19,21H2. The van der Waals surface area contributed by atoms with E-state index in [4.69, 9.17) is 16.1 Å². The minimum atomic E-state index is -0.642. The van der Waals surface area contributed by atoms with Crippen molar-refractivity contribution in [2.45, 2.75) is 37.6 Å². The first-order valence-electron chi connectivity index (χ1n) is 15.3. The Kier molecular flexibility index (Phi) is 7.41. The van der Waals surface area contributed by atoms with Gasteiger partial charge in [-0.05, 0) is 68.8 Å². The SMILES string of the molecule is C#Cc1cccc2cc(O)cc(-c3ncc4c(N5CCNCC(C#N)CC5)nc(OCC56CCCN5CCC6)nc4c3F)c12. The summed E-state index contributed by atoms with van der Waals surface area (Å²) in [6, 6.07) is 11.0. The predicted octanol–water partition coefficient (Wildman–Crippen LogP) is 4.62. The molecule has 0 saturated carbocycles. The molecule has 3 fully saturated rings. The minimum Gasteiger partial charge on any atom is -0.508 e. The zero-order valence-corrected chi connectivity index (χ0v) is 24.5. The van der Waals surface area contributed by atoms with E-state index in [9.17, 15) is 10.4 Å². The maximum absolute atomic E-state index is 16.8. The smallest absolute Gasteiger partial charge is 0.319 e. The number of phenolic OH excluding ortho intramolecular Hbond substituents is 1. The number of benzene rings is 2. The number of halogens is 1. The summed E-state index contributed by atoms with van der Waals surface area (Å²) in [5.41, 5.74) is 1.05. The van der Waals surface area contributed by atoms with Crippen LogP contribution in [0.25, 0.3) is 32.9 Å². The van der Waals surface area contributed by atoms with Crippen LogP contribution in [0.5, 0.6) is 11.8 Å². The van der Waals surface area contributed by atoms with Crippen LogP contribution in [0.3, 0.4) is 0 Å². The Hall–Kier alpha value is -4.51. The van der Waals surface area contributed by atoms with Gasteiger partial charge < -0.3 is 20.1 Å². The van der Waals surface area contributed by atoms with Crippen molar-refractivity contribution in [2.75, 3.05) is 50.8 Å². The Bertz CT molecular complexity index is 1820. The zero-order chi connectivity index (χ0) is 30.3. The first kappa shape index (κ1) is 28.3. The highest BCUT2D eigenvalue weighted by Gasteiger charge is 2.45. The van der Waals surface area contributed by atoms with Crippen molar-refractivity contribution in [1.29, 1.82) is 5.26 Å². The Morgan fingerprint density at radius 1 is 1.16 bits per heavy atom. The highest BCUT2D eigenvalue weighted by Crippen LogP contribution is 2.40. The normalized spacial score (nSPS) is 20.2. The van der Waals surface area contributed by atoms with E-state index in [0.717, 1.165) is 38.8 Å². The van der Waals surface area contributed by atoms with Gasteiger partial charge >= 0.3 is 6.01 Å². The van der Waals surface area contributed by atoms with Gasteiger partial charge in [0.1, 0.15) is 29.4 Å². The topological polar surface area (TPSA) is 110 Å². The molecule has 2 aromatic carbocycles. The van der Waals surface area contributed by atoms with E-state index in [0.29, 0.717) is 72.3 Å². The third kappa shape index (κ3) is 4.94. The largest absolute Gasteiger partial charge is 0.508 e. The number of nitriles is 1. The van der Waals surface area contributed by atoms with Crippen LogP contribution in [0, 0.1) is 35.4 Å². The lowest BCUT2D eigenvalue weighted by molar-refractivity contribution is 0.108. The van der Waals surface area contributed by atoms with Crippen molar-refractivity contribution in [3.8, 4) is 41.4 Å². The predicted molar refractivity (Wildman–Crippen MR) is 167 cm³/mol. The average Bonchev–Trinajstić information content (AvgIpc) is 3.60. The van der Waals surface area contributed by atoms with Crippen molar-refractivity contribution in [1.82, 2.24) is 25.2 Å². The molecule has 0 aliphatic carbocycles. The molecule has 4 aromatic rings. The molecule has 224 valence electrons. The number of hydrogen-bond acceptors (Lipinski definition) is 9. The van der Waals surface area contributed by atoms with Crippen LogP contribution < -0.4 is 15.0 Å². The summed E-state index contributed by atoms with van der Waals surface area (Å²) in [4.78, 5) is 18.6. The van der Waals surface area contributed by atoms with Crippen LogP contribution in [0.2, 0.25) is 0 Å². The number of aromatic nitrogens is 3. The molecule has 7 rings (SSSR count). The maximum Gasteiger partial charge on any atom is 0.319 e. The second-order valence-electron chi connectivity index (χ2n) is 12.1. The van der Waals surface area contributed by atoms with Gasteiger partial charge in [0, 0.05) is 48.9 Å². The first-order chi connectivity index (χ1) is 21.5. The lowest BCUT2D eigenvalue weighted by atomic mass is 9.95. The van der Waals surface area contributed by atoms with Crippen molar-refractivity contribution in [3.63, 3.8) is 0 Å². The minimum absolute atomic E-state index is 0.0208. The third-order valence-electron chi connectivity index (χ3n) is 9.48. The van der Waals surface area contributed by atoms with E-state index in [1.54, 1.807) is 24.4 Å². The molecule has 5 heterocycles. The zero-order valence-electron chi connectivity index (χ0n) is 24.5. The average molecular weight is 592 g/mol. The third-order valence-corrected chi connectivity index (χ3v) is 9.48. The molecule has 0 spiro atoms. The number of nitrogens with one attached hydrogen (secondary N) is 1. The van der Waals surface area contributed by atoms with Crippen LogP contribution in [0.15, 0.2) is 36.5 Å². The van der Waals surface area contributed by atoms with Gasteiger partial charge in [-0.3, -0.25) is 9.88 Å². The maximum atomic E-state index is 16.8. The summed E-state index contributed by atoms with van der Waals surface area (Å²) >= 11 is 0. The van der Waals surface area contributed by atoms with Crippen molar-refractivity contribution < 1.29 is 14.2 Å². The van der Waals surface area contributed by atoms with Crippen LogP contribution in [-0.4, -0.2) is 76.4 Å². The molecule has 10 heteroatoms. The molecule has 1 unspecified atom stereocenters. The first-order valence-corrected chi connectivity index (χ1v) is 15.3. The van der Waals surface area contributed by atoms with Gasteiger partial charge in [0.25, 0.3) is 0 Å². The summed E-state index contributed by atoms with van der Waals surface area (Å²) in [6.07, 6.45) is 12.4. The fraction of sp³-hybridized carbons (Fsp3) is 0.412. The van der Waals surface area contributed by atoms with Crippen molar-refractivity contribution >= 4 is 27.5 Å². The van der Waals surface area contributed by atoms with Gasteiger partial charge in [0.2, 0.25) is 0 Å². The lowest BCUT2D eigenvalue weighted by Crippen LogP contribution is -2.43.